The van der Waals surface area contributed by atoms with Gasteiger partial charge < -0.3 is 9.64 Å². The summed E-state index contributed by atoms with van der Waals surface area (Å²) >= 11 is 0. The zero-order valence-electron chi connectivity index (χ0n) is 17.9. The van der Waals surface area contributed by atoms with Crippen LogP contribution in [0.5, 0.6) is 5.75 Å². The molecule has 0 saturated carbocycles. The van der Waals surface area contributed by atoms with Crippen molar-refractivity contribution < 1.29 is 17.9 Å². The Morgan fingerprint density at radius 3 is 2.26 bits per heavy atom. The number of rotatable bonds is 6. The van der Waals surface area contributed by atoms with Crippen molar-refractivity contribution in [3.05, 3.63) is 59.7 Å². The topological polar surface area (TPSA) is 70.2 Å². The molecule has 2 heterocycles. The van der Waals surface area contributed by atoms with Crippen molar-refractivity contribution in [2.75, 3.05) is 46.4 Å². The number of nitrogens with zero attached hydrogens (tertiary/aromatic N) is 3. The van der Waals surface area contributed by atoms with Gasteiger partial charge in [0.05, 0.1) is 17.6 Å². The summed E-state index contributed by atoms with van der Waals surface area (Å²) in [7, 11) is -2.10. The van der Waals surface area contributed by atoms with Crippen molar-refractivity contribution in [3.63, 3.8) is 0 Å². The Bertz CT molecular complexity index is 1010. The van der Waals surface area contributed by atoms with E-state index in [1.54, 1.807) is 11.0 Å². The van der Waals surface area contributed by atoms with Crippen molar-refractivity contribution in [3.8, 4) is 5.75 Å². The summed E-state index contributed by atoms with van der Waals surface area (Å²) < 4.78 is 32.8. The van der Waals surface area contributed by atoms with E-state index in [1.807, 2.05) is 18.2 Å². The van der Waals surface area contributed by atoms with Crippen molar-refractivity contribution in [1.29, 1.82) is 0 Å². The number of carbonyl (C=O) groups excluding carboxylic acids is 1. The van der Waals surface area contributed by atoms with E-state index in [0.29, 0.717) is 37.5 Å². The van der Waals surface area contributed by atoms with Crippen LogP contribution in [0.25, 0.3) is 0 Å². The average Bonchev–Trinajstić information content (AvgIpc) is 3.35. The van der Waals surface area contributed by atoms with Crippen LogP contribution in [-0.2, 0) is 16.6 Å². The third kappa shape index (κ3) is 4.76. The number of benzene rings is 2. The van der Waals surface area contributed by atoms with Crippen molar-refractivity contribution in [1.82, 2.24) is 14.1 Å². The molecule has 0 aliphatic carbocycles. The van der Waals surface area contributed by atoms with Crippen molar-refractivity contribution in [2.24, 2.45) is 0 Å². The highest BCUT2D eigenvalue weighted by atomic mass is 32.2. The Morgan fingerprint density at radius 2 is 1.61 bits per heavy atom. The molecule has 0 spiro atoms. The fourth-order valence-electron chi connectivity index (χ4n) is 4.21. The normalized spacial score (nSPS) is 18.3. The summed E-state index contributed by atoms with van der Waals surface area (Å²) in [6.45, 7) is 4.65. The summed E-state index contributed by atoms with van der Waals surface area (Å²) in [5.74, 6) is 0.215. The van der Waals surface area contributed by atoms with Crippen LogP contribution in [0.4, 0.5) is 0 Å². The first-order chi connectivity index (χ1) is 15.0. The van der Waals surface area contributed by atoms with E-state index < -0.39 is 10.0 Å². The monoisotopic (exact) mass is 443 g/mol. The van der Waals surface area contributed by atoms with E-state index in [1.165, 1.54) is 29.1 Å². The molecule has 0 bridgehead atoms. The van der Waals surface area contributed by atoms with E-state index in [-0.39, 0.29) is 10.8 Å². The van der Waals surface area contributed by atoms with Gasteiger partial charge in [0.25, 0.3) is 5.91 Å². The lowest BCUT2D eigenvalue weighted by Crippen LogP contribution is -2.48. The quantitative estimate of drug-likeness (QED) is 0.686. The van der Waals surface area contributed by atoms with Gasteiger partial charge in [0, 0.05) is 45.8 Å². The number of methoxy groups -OCH3 is 1. The van der Waals surface area contributed by atoms with E-state index in [4.69, 9.17) is 4.74 Å². The molecule has 0 radical (unpaired) electrons. The van der Waals surface area contributed by atoms with Crippen LogP contribution < -0.4 is 4.74 Å². The summed E-state index contributed by atoms with van der Waals surface area (Å²) in [5.41, 5.74) is 1.56. The van der Waals surface area contributed by atoms with Gasteiger partial charge >= 0.3 is 0 Å². The minimum absolute atomic E-state index is 0.154. The minimum Gasteiger partial charge on any atom is -0.496 e. The van der Waals surface area contributed by atoms with Crippen LogP contribution >= 0.6 is 0 Å². The molecule has 4 rings (SSSR count). The van der Waals surface area contributed by atoms with Gasteiger partial charge in [0.1, 0.15) is 5.75 Å². The molecule has 2 aliphatic heterocycles. The number of piperazine rings is 1. The summed E-state index contributed by atoms with van der Waals surface area (Å²) in [5, 5.41) is 0. The van der Waals surface area contributed by atoms with Crippen LogP contribution in [0.15, 0.2) is 53.4 Å². The molecular formula is C23H29N3O4S. The average molecular weight is 444 g/mol. The number of amides is 1. The van der Waals surface area contributed by atoms with Crippen molar-refractivity contribution >= 4 is 15.9 Å². The van der Waals surface area contributed by atoms with Gasteiger partial charge in [-0.25, -0.2) is 8.42 Å². The Morgan fingerprint density at radius 1 is 0.935 bits per heavy atom. The molecule has 0 aromatic heterocycles. The van der Waals surface area contributed by atoms with Crippen LogP contribution in [0.1, 0.15) is 28.8 Å². The van der Waals surface area contributed by atoms with Crippen LogP contribution in [-0.4, -0.2) is 74.8 Å². The third-order valence-corrected chi connectivity index (χ3v) is 7.91. The second kappa shape index (κ2) is 9.38. The molecule has 2 aromatic rings. The second-order valence-electron chi connectivity index (χ2n) is 8.03. The lowest BCUT2D eigenvalue weighted by atomic mass is 10.1. The maximum atomic E-state index is 13.3. The van der Waals surface area contributed by atoms with Crippen LogP contribution in [0.3, 0.4) is 0 Å². The predicted octanol–water partition coefficient (Wildman–Crippen LogP) is 2.44. The summed E-state index contributed by atoms with van der Waals surface area (Å²) in [6, 6.07) is 14.9. The third-order valence-electron chi connectivity index (χ3n) is 6.01. The molecule has 8 heteroatoms. The Kier molecular flexibility index (Phi) is 6.60. The standard InChI is InChI=1S/C23H29N3O4S/c1-30-22-10-9-20(31(28,29)26-11-5-6-12-26)17-21(22)23(27)25-15-13-24(14-16-25)18-19-7-3-2-4-8-19/h2-4,7-10,17H,5-6,11-16,18H2,1H3. The number of sulfonamides is 1. The molecule has 2 aromatic carbocycles. The first-order valence-corrected chi connectivity index (χ1v) is 12.2. The maximum absolute atomic E-state index is 13.3. The fraction of sp³-hybridized carbons (Fsp3) is 0.435. The lowest BCUT2D eigenvalue weighted by Gasteiger charge is -2.35. The zero-order valence-corrected chi connectivity index (χ0v) is 18.7. The smallest absolute Gasteiger partial charge is 0.257 e. The zero-order chi connectivity index (χ0) is 21.8. The highest BCUT2D eigenvalue weighted by molar-refractivity contribution is 7.89. The molecule has 31 heavy (non-hydrogen) atoms. The van der Waals surface area contributed by atoms with E-state index in [0.717, 1.165) is 32.5 Å². The Labute approximate surface area is 184 Å². The number of carbonyl (C=O) groups is 1. The van der Waals surface area contributed by atoms with Gasteiger partial charge in [-0.3, -0.25) is 9.69 Å². The van der Waals surface area contributed by atoms with Gasteiger partial charge in [-0.15, -0.1) is 0 Å². The molecule has 0 N–H and O–H groups in total. The Balaban J connectivity index is 1.48. The molecule has 0 unspecified atom stereocenters. The first-order valence-electron chi connectivity index (χ1n) is 10.7. The number of hydrogen-bond acceptors (Lipinski definition) is 5. The first kappa shape index (κ1) is 21.8. The van der Waals surface area contributed by atoms with E-state index in [2.05, 4.69) is 17.0 Å². The molecule has 7 nitrogen and oxygen atoms in total. The number of ether oxygens (including phenoxy) is 1. The van der Waals surface area contributed by atoms with Gasteiger partial charge in [0.15, 0.2) is 0 Å². The molecule has 0 atom stereocenters. The maximum Gasteiger partial charge on any atom is 0.257 e. The van der Waals surface area contributed by atoms with Gasteiger partial charge in [-0.05, 0) is 36.6 Å². The SMILES string of the molecule is COc1ccc(S(=O)(=O)N2CCCC2)cc1C(=O)N1CCN(Cc2ccccc2)CC1. The highest BCUT2D eigenvalue weighted by Crippen LogP contribution is 2.28. The molecule has 1 amide bonds. The summed E-state index contributed by atoms with van der Waals surface area (Å²) in [4.78, 5) is 17.5. The number of hydrogen-bond donors (Lipinski definition) is 0. The fourth-order valence-corrected chi connectivity index (χ4v) is 5.76. The summed E-state index contributed by atoms with van der Waals surface area (Å²) in [6.07, 6.45) is 1.74. The second-order valence-corrected chi connectivity index (χ2v) is 9.97. The highest BCUT2D eigenvalue weighted by Gasteiger charge is 2.30. The molecule has 2 aliphatic rings. The minimum atomic E-state index is -3.59. The molecular weight excluding hydrogens is 414 g/mol. The van der Waals surface area contributed by atoms with Gasteiger partial charge in [-0.1, -0.05) is 30.3 Å². The Hall–Kier alpha value is -2.42. The van der Waals surface area contributed by atoms with Crippen molar-refractivity contribution in [2.45, 2.75) is 24.3 Å². The van der Waals surface area contributed by atoms with E-state index in [9.17, 15) is 13.2 Å². The predicted molar refractivity (Wildman–Crippen MR) is 119 cm³/mol. The van der Waals surface area contributed by atoms with Crippen LogP contribution in [0.2, 0.25) is 0 Å². The lowest BCUT2D eigenvalue weighted by molar-refractivity contribution is 0.0625. The van der Waals surface area contributed by atoms with Gasteiger partial charge in [0.2, 0.25) is 10.0 Å². The molecule has 2 saturated heterocycles. The molecule has 2 fully saturated rings. The largest absolute Gasteiger partial charge is 0.496 e. The van der Waals surface area contributed by atoms with Gasteiger partial charge in [-0.2, -0.15) is 4.31 Å². The van der Waals surface area contributed by atoms with E-state index >= 15 is 0 Å². The van der Waals surface area contributed by atoms with Crippen LogP contribution in [0, 0.1) is 0 Å². The molecule has 166 valence electrons.